The Balaban J connectivity index is 1.61. The fourth-order valence-corrected chi connectivity index (χ4v) is 3.94. The minimum Gasteiger partial charge on any atom is -0.394 e. The molecule has 0 radical (unpaired) electrons. The number of hydrogen-bond acceptors (Lipinski definition) is 3. The molecule has 28 heavy (non-hydrogen) atoms. The van der Waals surface area contributed by atoms with Gasteiger partial charge in [-0.3, -0.25) is 0 Å². The predicted octanol–water partition coefficient (Wildman–Crippen LogP) is 3.75. The number of aryl methyl sites for hydroxylation is 2. The van der Waals surface area contributed by atoms with Crippen molar-refractivity contribution in [3.05, 3.63) is 60.2 Å². The predicted molar refractivity (Wildman–Crippen MR) is 117 cm³/mol. The van der Waals surface area contributed by atoms with E-state index in [-0.39, 0.29) is 13.2 Å². The van der Waals surface area contributed by atoms with Gasteiger partial charge < -0.3 is 20.1 Å². The maximum Gasteiger partial charge on any atom is 0.0633 e. The van der Waals surface area contributed by atoms with Gasteiger partial charge in [0.05, 0.1) is 18.8 Å². The number of benzene rings is 3. The third-order valence-electron chi connectivity index (χ3n) is 5.83. The molecule has 0 amide bonds. The highest BCUT2D eigenvalue weighted by Gasteiger charge is 2.20. The Labute approximate surface area is 165 Å². The van der Waals surface area contributed by atoms with Crippen LogP contribution in [0.5, 0.6) is 0 Å². The molecule has 4 aromatic rings. The van der Waals surface area contributed by atoms with Gasteiger partial charge in [0.25, 0.3) is 0 Å². The second-order valence-corrected chi connectivity index (χ2v) is 8.03. The molecule has 0 spiro atoms. The molecular formula is C24H28N2O2. The maximum absolute atomic E-state index is 9.37. The van der Waals surface area contributed by atoms with E-state index in [4.69, 9.17) is 0 Å². The average molecular weight is 377 g/mol. The highest BCUT2D eigenvalue weighted by Crippen LogP contribution is 2.32. The summed E-state index contributed by atoms with van der Waals surface area (Å²) in [5, 5.41) is 27.1. The van der Waals surface area contributed by atoms with Crippen LogP contribution in [0.1, 0.15) is 18.9 Å². The molecule has 0 aliphatic carbocycles. The van der Waals surface area contributed by atoms with Crippen LogP contribution < -0.4 is 5.32 Å². The smallest absolute Gasteiger partial charge is 0.0633 e. The number of hydrogen-bond donors (Lipinski definition) is 3. The highest BCUT2D eigenvalue weighted by atomic mass is 16.3. The first-order valence-electron chi connectivity index (χ1n) is 9.91. The number of nitrogens with zero attached hydrogens (tertiary/aromatic N) is 1. The summed E-state index contributed by atoms with van der Waals surface area (Å²) in [6.07, 6.45) is 1.91. The molecule has 4 nitrogen and oxygen atoms in total. The second kappa shape index (κ2) is 7.55. The summed E-state index contributed by atoms with van der Waals surface area (Å²) in [7, 11) is 2.13. The molecule has 0 bridgehead atoms. The van der Waals surface area contributed by atoms with Crippen molar-refractivity contribution in [1.29, 1.82) is 0 Å². The highest BCUT2D eigenvalue weighted by molar-refractivity contribution is 6.12. The second-order valence-electron chi connectivity index (χ2n) is 8.03. The molecular weight excluding hydrogens is 348 g/mol. The van der Waals surface area contributed by atoms with Gasteiger partial charge in [-0.2, -0.15) is 0 Å². The van der Waals surface area contributed by atoms with Crippen molar-refractivity contribution in [2.24, 2.45) is 7.05 Å². The lowest BCUT2D eigenvalue weighted by molar-refractivity contribution is 0.104. The molecule has 4 heteroatoms. The summed E-state index contributed by atoms with van der Waals surface area (Å²) < 4.78 is 2.27. The van der Waals surface area contributed by atoms with Crippen molar-refractivity contribution in [3.8, 4) is 0 Å². The third kappa shape index (κ3) is 3.39. The van der Waals surface area contributed by atoms with Crippen LogP contribution in [0.2, 0.25) is 0 Å². The van der Waals surface area contributed by atoms with Crippen LogP contribution in [-0.4, -0.2) is 40.1 Å². The first-order valence-corrected chi connectivity index (χ1v) is 9.91. The van der Waals surface area contributed by atoms with E-state index in [2.05, 4.69) is 71.5 Å². The van der Waals surface area contributed by atoms with E-state index in [1.54, 1.807) is 0 Å². The zero-order valence-corrected chi connectivity index (χ0v) is 16.6. The third-order valence-corrected chi connectivity index (χ3v) is 5.83. The number of fused-ring (bicyclic) bond motifs is 4. The Morgan fingerprint density at radius 2 is 1.57 bits per heavy atom. The van der Waals surface area contributed by atoms with E-state index in [0.29, 0.717) is 0 Å². The van der Waals surface area contributed by atoms with Crippen LogP contribution in [0, 0.1) is 0 Å². The molecule has 3 N–H and O–H groups in total. The number of aliphatic hydroxyl groups is 2. The van der Waals surface area contributed by atoms with E-state index in [1.807, 2.05) is 6.92 Å². The van der Waals surface area contributed by atoms with Gasteiger partial charge >= 0.3 is 0 Å². The summed E-state index contributed by atoms with van der Waals surface area (Å²) in [5.74, 6) is 0. The Hall–Kier alpha value is -2.40. The Morgan fingerprint density at radius 3 is 2.29 bits per heavy atom. The van der Waals surface area contributed by atoms with Crippen LogP contribution in [0.25, 0.3) is 32.6 Å². The quantitative estimate of drug-likeness (QED) is 0.431. The SMILES string of the molecule is Cn1c2ccc(CCCNC(C)(CO)CO)cc2c2cc3ccccc3cc21. The molecule has 0 aliphatic heterocycles. The van der Waals surface area contributed by atoms with Gasteiger partial charge in [-0.05, 0) is 66.9 Å². The van der Waals surface area contributed by atoms with Gasteiger partial charge in [-0.1, -0.05) is 30.3 Å². The van der Waals surface area contributed by atoms with E-state index < -0.39 is 5.54 Å². The topological polar surface area (TPSA) is 57.4 Å². The molecule has 1 aromatic heterocycles. The largest absolute Gasteiger partial charge is 0.394 e. The lowest BCUT2D eigenvalue weighted by Gasteiger charge is -2.26. The van der Waals surface area contributed by atoms with Crippen molar-refractivity contribution in [3.63, 3.8) is 0 Å². The molecule has 146 valence electrons. The Kier molecular flexibility index (Phi) is 5.11. The van der Waals surface area contributed by atoms with E-state index in [1.165, 1.54) is 38.1 Å². The van der Waals surface area contributed by atoms with Crippen LogP contribution in [0.4, 0.5) is 0 Å². The summed E-state index contributed by atoms with van der Waals surface area (Å²) in [4.78, 5) is 0. The molecule has 0 aliphatic rings. The van der Waals surface area contributed by atoms with Gasteiger partial charge in [0.15, 0.2) is 0 Å². The average Bonchev–Trinajstić information content (AvgIpc) is 3.00. The minimum absolute atomic E-state index is 0.0700. The van der Waals surface area contributed by atoms with Gasteiger partial charge in [-0.25, -0.2) is 0 Å². The first-order chi connectivity index (χ1) is 13.5. The van der Waals surface area contributed by atoms with Crippen molar-refractivity contribution in [2.75, 3.05) is 19.8 Å². The van der Waals surface area contributed by atoms with Gasteiger partial charge in [0.1, 0.15) is 0 Å². The van der Waals surface area contributed by atoms with E-state index >= 15 is 0 Å². The van der Waals surface area contributed by atoms with Gasteiger partial charge in [-0.15, -0.1) is 0 Å². The molecule has 4 rings (SSSR count). The van der Waals surface area contributed by atoms with Crippen molar-refractivity contribution < 1.29 is 10.2 Å². The maximum atomic E-state index is 9.37. The van der Waals surface area contributed by atoms with Gasteiger partial charge in [0.2, 0.25) is 0 Å². The lowest BCUT2D eigenvalue weighted by Crippen LogP contribution is -2.49. The number of aromatic nitrogens is 1. The molecule has 1 heterocycles. The van der Waals surface area contributed by atoms with Crippen LogP contribution in [-0.2, 0) is 13.5 Å². The summed E-state index contributed by atoms with van der Waals surface area (Å²) in [6.45, 7) is 2.45. The molecule has 0 saturated carbocycles. The molecule has 0 fully saturated rings. The van der Waals surface area contributed by atoms with Crippen molar-refractivity contribution in [2.45, 2.75) is 25.3 Å². The Morgan fingerprint density at radius 1 is 0.893 bits per heavy atom. The summed E-state index contributed by atoms with van der Waals surface area (Å²) in [6, 6.07) is 19.8. The fraction of sp³-hybridized carbons (Fsp3) is 0.333. The first kappa shape index (κ1) is 18.9. The van der Waals surface area contributed by atoms with Gasteiger partial charge in [0, 0.05) is 28.9 Å². The summed E-state index contributed by atoms with van der Waals surface area (Å²) >= 11 is 0. The molecule has 0 unspecified atom stereocenters. The molecule has 0 saturated heterocycles. The minimum atomic E-state index is -0.610. The fourth-order valence-electron chi connectivity index (χ4n) is 3.94. The standard InChI is InChI=1S/C24H28N2O2/c1-24(15-27,16-28)25-11-5-6-17-9-10-22-20(12-17)21-13-18-7-3-4-8-19(18)14-23(21)26(22)2/h3-4,7-10,12-14,25,27-28H,5-6,11,15-16H2,1-2H3. The number of nitrogens with one attached hydrogen (secondary N) is 1. The number of rotatable bonds is 7. The van der Waals surface area contributed by atoms with Crippen LogP contribution in [0.3, 0.4) is 0 Å². The zero-order valence-electron chi connectivity index (χ0n) is 16.6. The zero-order chi connectivity index (χ0) is 19.7. The van der Waals surface area contributed by atoms with Crippen molar-refractivity contribution >= 4 is 32.6 Å². The monoisotopic (exact) mass is 376 g/mol. The van der Waals surface area contributed by atoms with E-state index in [0.717, 1.165) is 19.4 Å². The van der Waals surface area contributed by atoms with Crippen LogP contribution in [0.15, 0.2) is 54.6 Å². The summed E-state index contributed by atoms with van der Waals surface area (Å²) in [5.41, 5.74) is 3.21. The normalized spacial score (nSPS) is 12.4. The van der Waals surface area contributed by atoms with E-state index in [9.17, 15) is 10.2 Å². The van der Waals surface area contributed by atoms with Crippen LogP contribution >= 0.6 is 0 Å². The molecule has 0 atom stereocenters. The lowest BCUT2D eigenvalue weighted by atomic mass is 10.0. The molecule has 3 aromatic carbocycles. The van der Waals surface area contributed by atoms with Crippen molar-refractivity contribution in [1.82, 2.24) is 9.88 Å². The Bertz CT molecular complexity index is 1130. The number of aliphatic hydroxyl groups excluding tert-OH is 2.